The monoisotopic (exact) mass is 287 g/mol. The first-order chi connectivity index (χ1) is 9.47. The number of nitrogens with two attached hydrogens (primary N) is 1. The highest BCUT2D eigenvalue weighted by atomic mass is 32.2. The minimum absolute atomic E-state index is 0.0184. The Bertz CT molecular complexity index is 631. The van der Waals surface area contributed by atoms with Crippen LogP contribution in [0.3, 0.4) is 0 Å². The van der Waals surface area contributed by atoms with Crippen LogP contribution in [0.4, 0.5) is 0 Å². The number of aryl methyl sites for hydroxylation is 2. The number of nitrogens with zero attached hydrogens (tertiary/aromatic N) is 3. The Morgan fingerprint density at radius 2 is 1.90 bits per heavy atom. The third-order valence-corrected chi connectivity index (χ3v) is 4.00. The second-order valence-corrected chi connectivity index (χ2v) is 5.50. The third-order valence-electron chi connectivity index (χ3n) is 3.08. The van der Waals surface area contributed by atoms with Crippen LogP contribution in [0.15, 0.2) is 23.5 Å². The Balaban J connectivity index is 2.13. The maximum Gasteiger partial charge on any atom is 0.188 e. The summed E-state index contributed by atoms with van der Waals surface area (Å²) in [5.74, 6) is 0.709. The Hall–Kier alpha value is -1.95. The van der Waals surface area contributed by atoms with Gasteiger partial charge in [-0.3, -0.25) is 10.4 Å². The van der Waals surface area contributed by atoms with Gasteiger partial charge in [-0.1, -0.05) is 11.8 Å². The van der Waals surface area contributed by atoms with Crippen molar-refractivity contribution in [2.45, 2.75) is 31.7 Å². The second kappa shape index (κ2) is 6.00. The van der Waals surface area contributed by atoms with Gasteiger partial charge in [-0.2, -0.15) is 0 Å². The molecule has 0 bridgehead atoms. The minimum atomic E-state index is -0.0184. The van der Waals surface area contributed by atoms with Gasteiger partial charge in [0.05, 0.1) is 0 Å². The van der Waals surface area contributed by atoms with Crippen molar-refractivity contribution in [3.8, 4) is 0 Å². The average Bonchev–Trinajstić information content (AvgIpc) is 2.42. The maximum atomic E-state index is 7.39. The Labute approximate surface area is 122 Å². The fourth-order valence-electron chi connectivity index (χ4n) is 1.67. The molecule has 2 aromatic heterocycles. The molecule has 0 atom stereocenters. The summed E-state index contributed by atoms with van der Waals surface area (Å²) < 4.78 is 0. The summed E-state index contributed by atoms with van der Waals surface area (Å²) in [4.78, 5) is 13.0. The summed E-state index contributed by atoms with van der Waals surface area (Å²) >= 11 is 1.57. The van der Waals surface area contributed by atoms with Crippen LogP contribution in [0.2, 0.25) is 0 Å². The van der Waals surface area contributed by atoms with E-state index in [1.165, 1.54) is 0 Å². The summed E-state index contributed by atoms with van der Waals surface area (Å²) in [6.07, 6.45) is 1.67. The van der Waals surface area contributed by atoms with Gasteiger partial charge < -0.3 is 5.73 Å². The van der Waals surface area contributed by atoms with Crippen LogP contribution in [0.5, 0.6) is 0 Å². The molecule has 0 aliphatic rings. The van der Waals surface area contributed by atoms with Crippen LogP contribution in [-0.2, 0) is 5.75 Å². The fraction of sp³-hybridized carbons (Fsp3) is 0.286. The van der Waals surface area contributed by atoms with Gasteiger partial charge in [-0.05, 0) is 44.0 Å². The molecule has 0 saturated heterocycles. The molecular weight excluding hydrogens is 270 g/mol. The van der Waals surface area contributed by atoms with E-state index in [4.69, 9.17) is 11.1 Å². The van der Waals surface area contributed by atoms with Crippen molar-refractivity contribution in [3.05, 3.63) is 46.5 Å². The van der Waals surface area contributed by atoms with Crippen LogP contribution in [0.1, 0.15) is 28.2 Å². The largest absolute Gasteiger partial charge is 0.382 e. The molecule has 2 aromatic rings. The molecule has 20 heavy (non-hydrogen) atoms. The Morgan fingerprint density at radius 1 is 1.25 bits per heavy atom. The highest BCUT2D eigenvalue weighted by molar-refractivity contribution is 7.98. The molecule has 0 radical (unpaired) electrons. The van der Waals surface area contributed by atoms with Gasteiger partial charge in [0.25, 0.3) is 0 Å². The zero-order valence-electron chi connectivity index (χ0n) is 11.8. The van der Waals surface area contributed by atoms with Crippen molar-refractivity contribution in [2.75, 3.05) is 0 Å². The number of hydrogen-bond acceptors (Lipinski definition) is 5. The highest BCUT2D eigenvalue weighted by Gasteiger charge is 2.06. The normalized spacial score (nSPS) is 10.6. The first-order valence-corrected chi connectivity index (χ1v) is 7.20. The smallest absolute Gasteiger partial charge is 0.188 e. The summed E-state index contributed by atoms with van der Waals surface area (Å²) in [7, 11) is 0. The highest BCUT2D eigenvalue weighted by Crippen LogP contribution is 2.21. The molecule has 0 aliphatic carbocycles. The lowest BCUT2D eigenvalue weighted by molar-refractivity contribution is 0.880. The van der Waals surface area contributed by atoms with Gasteiger partial charge in [-0.25, -0.2) is 9.97 Å². The van der Waals surface area contributed by atoms with Crippen LogP contribution in [0.25, 0.3) is 0 Å². The van der Waals surface area contributed by atoms with Gasteiger partial charge in [0.2, 0.25) is 0 Å². The second-order valence-electron chi connectivity index (χ2n) is 4.55. The van der Waals surface area contributed by atoms with E-state index in [1.54, 1.807) is 18.0 Å². The summed E-state index contributed by atoms with van der Waals surface area (Å²) in [5.41, 5.74) is 10.1. The van der Waals surface area contributed by atoms with Gasteiger partial charge in [0.1, 0.15) is 11.5 Å². The third kappa shape index (κ3) is 3.33. The van der Waals surface area contributed by atoms with E-state index in [-0.39, 0.29) is 5.84 Å². The van der Waals surface area contributed by atoms with Crippen molar-refractivity contribution >= 4 is 17.6 Å². The van der Waals surface area contributed by atoms with Gasteiger partial charge in [0.15, 0.2) is 5.16 Å². The van der Waals surface area contributed by atoms with E-state index >= 15 is 0 Å². The van der Waals surface area contributed by atoms with Crippen molar-refractivity contribution in [1.82, 2.24) is 15.0 Å². The molecule has 2 heterocycles. The van der Waals surface area contributed by atoms with Crippen molar-refractivity contribution < 1.29 is 0 Å². The van der Waals surface area contributed by atoms with E-state index in [1.807, 2.05) is 32.9 Å². The van der Waals surface area contributed by atoms with Gasteiger partial charge >= 0.3 is 0 Å². The van der Waals surface area contributed by atoms with Crippen LogP contribution < -0.4 is 5.73 Å². The molecule has 3 N–H and O–H groups in total. The Kier molecular flexibility index (Phi) is 4.34. The lowest BCUT2D eigenvalue weighted by Gasteiger charge is -2.07. The first kappa shape index (κ1) is 14.5. The number of amidine groups is 1. The number of aromatic nitrogens is 3. The summed E-state index contributed by atoms with van der Waals surface area (Å²) in [6.45, 7) is 6.02. The molecule has 2 rings (SSSR count). The molecule has 5 nitrogen and oxygen atoms in total. The first-order valence-electron chi connectivity index (χ1n) is 6.21. The zero-order valence-corrected chi connectivity index (χ0v) is 12.6. The predicted octanol–water partition coefficient (Wildman–Crippen LogP) is 2.37. The fourth-order valence-corrected chi connectivity index (χ4v) is 2.54. The molecule has 0 aliphatic heterocycles. The van der Waals surface area contributed by atoms with E-state index in [0.29, 0.717) is 5.69 Å². The van der Waals surface area contributed by atoms with Crippen molar-refractivity contribution in [3.63, 3.8) is 0 Å². The zero-order chi connectivity index (χ0) is 14.7. The molecule has 0 saturated carbocycles. The molecule has 6 heteroatoms. The number of thioether (sulfide) groups is 1. The van der Waals surface area contributed by atoms with Crippen molar-refractivity contribution in [2.24, 2.45) is 5.73 Å². The van der Waals surface area contributed by atoms with E-state index in [2.05, 4.69) is 15.0 Å². The van der Waals surface area contributed by atoms with Gasteiger partial charge in [0, 0.05) is 23.3 Å². The van der Waals surface area contributed by atoms with E-state index in [9.17, 15) is 0 Å². The van der Waals surface area contributed by atoms with E-state index in [0.717, 1.165) is 33.4 Å². The SMILES string of the molecule is Cc1nc(SCc2ccnc(C(=N)N)c2)nc(C)c1C. The minimum Gasteiger partial charge on any atom is -0.382 e. The predicted molar refractivity (Wildman–Crippen MR) is 81.1 cm³/mol. The van der Waals surface area contributed by atoms with E-state index < -0.39 is 0 Å². The molecule has 0 aromatic carbocycles. The quantitative estimate of drug-likeness (QED) is 0.390. The molecular formula is C14H17N5S. The molecule has 104 valence electrons. The lowest BCUT2D eigenvalue weighted by atomic mass is 10.2. The number of rotatable bonds is 4. The van der Waals surface area contributed by atoms with Crippen LogP contribution in [0, 0.1) is 26.2 Å². The lowest BCUT2D eigenvalue weighted by Crippen LogP contribution is -2.13. The number of pyridine rings is 1. The maximum absolute atomic E-state index is 7.39. The summed E-state index contributed by atoms with van der Waals surface area (Å²) in [6, 6.07) is 3.73. The van der Waals surface area contributed by atoms with Crippen LogP contribution in [-0.4, -0.2) is 20.8 Å². The van der Waals surface area contributed by atoms with Crippen LogP contribution >= 0.6 is 11.8 Å². The number of nitrogens with one attached hydrogen (secondary N) is 1. The van der Waals surface area contributed by atoms with Gasteiger partial charge in [-0.15, -0.1) is 0 Å². The Morgan fingerprint density at radius 3 is 2.50 bits per heavy atom. The topological polar surface area (TPSA) is 88.5 Å². The summed E-state index contributed by atoms with van der Waals surface area (Å²) in [5, 5.41) is 8.16. The molecule has 0 unspecified atom stereocenters. The molecule has 0 amide bonds. The number of hydrogen-bond donors (Lipinski definition) is 2. The standard InChI is InChI=1S/C14H17N5S/c1-8-9(2)18-14(19-10(8)3)20-7-11-4-5-17-12(6-11)13(15)16/h4-6H,7H2,1-3H3,(H3,15,16). The number of nitrogen functional groups attached to an aromatic ring is 1. The molecule has 0 fully saturated rings. The average molecular weight is 287 g/mol. The van der Waals surface area contributed by atoms with Crippen molar-refractivity contribution in [1.29, 1.82) is 5.41 Å². The molecule has 0 spiro atoms.